The predicted octanol–water partition coefficient (Wildman–Crippen LogP) is 2.04. The third-order valence-electron chi connectivity index (χ3n) is 1.86. The number of rotatable bonds is 6. The Hall–Kier alpha value is -0.280. The number of unbranched alkanes of at least 4 members (excludes halogenated alkanes) is 1. The largest absolute Gasteiger partial charge is 0.480 e. The van der Waals surface area contributed by atoms with Crippen LogP contribution in [0.1, 0.15) is 39.5 Å². The first-order valence-electron chi connectivity index (χ1n) is 4.52. The second-order valence-electron chi connectivity index (χ2n) is 3.62. The van der Waals surface area contributed by atoms with Crippen molar-refractivity contribution in [3.05, 3.63) is 0 Å². The third kappa shape index (κ3) is 9.64. The van der Waals surface area contributed by atoms with Gasteiger partial charge < -0.3 is 10.8 Å². The van der Waals surface area contributed by atoms with Gasteiger partial charge in [-0.2, -0.15) is 0 Å². The summed E-state index contributed by atoms with van der Waals surface area (Å²) in [5.74, 6) is -0.189. The van der Waals surface area contributed by atoms with Crippen LogP contribution in [0, 0.1) is 5.92 Å². The summed E-state index contributed by atoms with van der Waals surface area (Å²) in [4.78, 5) is 10.3. The van der Waals surface area contributed by atoms with Crippen LogP contribution < -0.4 is 5.73 Å². The van der Waals surface area contributed by atoms with E-state index in [1.165, 1.54) is 0 Å². The van der Waals surface area contributed by atoms with Crippen LogP contribution >= 0.6 is 12.4 Å². The molecule has 0 saturated heterocycles. The molecule has 1 unspecified atom stereocenters. The SMILES string of the molecule is CC(C)CCCCC(N)C(=O)O.Cl. The average molecular weight is 210 g/mol. The summed E-state index contributed by atoms with van der Waals surface area (Å²) in [5.41, 5.74) is 5.33. The summed E-state index contributed by atoms with van der Waals surface area (Å²) < 4.78 is 0. The summed E-state index contributed by atoms with van der Waals surface area (Å²) in [5, 5.41) is 8.47. The second kappa shape index (κ2) is 8.32. The molecule has 3 N–H and O–H groups in total. The molecule has 80 valence electrons. The molecule has 0 aromatic rings. The first-order chi connectivity index (χ1) is 5.54. The van der Waals surface area contributed by atoms with Gasteiger partial charge in [-0.15, -0.1) is 12.4 Å². The van der Waals surface area contributed by atoms with Crippen molar-refractivity contribution in [1.82, 2.24) is 0 Å². The molecule has 0 heterocycles. The molecular formula is C9H20ClNO2. The summed E-state index contributed by atoms with van der Waals surface area (Å²) in [6.45, 7) is 4.33. The molecule has 0 aromatic carbocycles. The molecule has 0 spiro atoms. The molecule has 0 aliphatic heterocycles. The van der Waals surface area contributed by atoms with Crippen molar-refractivity contribution >= 4 is 18.4 Å². The fourth-order valence-electron chi connectivity index (χ4n) is 1.04. The van der Waals surface area contributed by atoms with Gasteiger partial charge in [0.25, 0.3) is 0 Å². The van der Waals surface area contributed by atoms with Crippen LogP contribution in [0.25, 0.3) is 0 Å². The van der Waals surface area contributed by atoms with Crippen molar-refractivity contribution in [1.29, 1.82) is 0 Å². The van der Waals surface area contributed by atoms with Crippen molar-refractivity contribution in [2.75, 3.05) is 0 Å². The van der Waals surface area contributed by atoms with Crippen LogP contribution in [0.2, 0.25) is 0 Å². The zero-order valence-electron chi connectivity index (χ0n) is 8.32. The Morgan fingerprint density at radius 1 is 1.31 bits per heavy atom. The van der Waals surface area contributed by atoms with Gasteiger partial charge >= 0.3 is 5.97 Å². The fourth-order valence-corrected chi connectivity index (χ4v) is 1.04. The lowest BCUT2D eigenvalue weighted by molar-refractivity contribution is -0.138. The summed E-state index contributed by atoms with van der Waals surface area (Å²) >= 11 is 0. The lowest BCUT2D eigenvalue weighted by Crippen LogP contribution is -2.29. The van der Waals surface area contributed by atoms with Crippen molar-refractivity contribution in [3.63, 3.8) is 0 Å². The monoisotopic (exact) mass is 209 g/mol. The highest BCUT2D eigenvalue weighted by Gasteiger charge is 2.09. The molecule has 4 heteroatoms. The predicted molar refractivity (Wildman–Crippen MR) is 56.2 cm³/mol. The Bertz CT molecular complexity index is 140. The first kappa shape index (κ1) is 15.2. The molecule has 3 nitrogen and oxygen atoms in total. The van der Waals surface area contributed by atoms with Crippen LogP contribution in [0.3, 0.4) is 0 Å². The third-order valence-corrected chi connectivity index (χ3v) is 1.86. The Morgan fingerprint density at radius 2 is 1.77 bits per heavy atom. The van der Waals surface area contributed by atoms with E-state index in [1.807, 2.05) is 0 Å². The Labute approximate surface area is 86.1 Å². The number of carbonyl (C=O) groups is 1. The van der Waals surface area contributed by atoms with Gasteiger partial charge in [-0.1, -0.05) is 33.1 Å². The van der Waals surface area contributed by atoms with E-state index in [1.54, 1.807) is 0 Å². The smallest absolute Gasteiger partial charge is 0.320 e. The molecule has 0 aromatic heterocycles. The highest BCUT2D eigenvalue weighted by atomic mass is 35.5. The second-order valence-corrected chi connectivity index (χ2v) is 3.62. The quantitative estimate of drug-likeness (QED) is 0.658. The summed E-state index contributed by atoms with van der Waals surface area (Å²) in [6, 6.07) is -0.669. The highest BCUT2D eigenvalue weighted by molar-refractivity contribution is 5.85. The Kier molecular flexibility index (Phi) is 9.74. The number of carboxylic acids is 1. The number of hydrogen-bond donors (Lipinski definition) is 2. The highest BCUT2D eigenvalue weighted by Crippen LogP contribution is 2.08. The van der Waals surface area contributed by atoms with Gasteiger partial charge in [0.15, 0.2) is 0 Å². The molecule has 0 aliphatic carbocycles. The van der Waals surface area contributed by atoms with E-state index in [0.29, 0.717) is 12.3 Å². The summed E-state index contributed by atoms with van der Waals surface area (Å²) in [6.07, 6.45) is 3.76. The maximum atomic E-state index is 10.3. The van der Waals surface area contributed by atoms with E-state index in [0.717, 1.165) is 19.3 Å². The molecule has 0 saturated carbocycles. The van der Waals surface area contributed by atoms with Gasteiger partial charge in [0.1, 0.15) is 6.04 Å². The molecule has 0 bridgehead atoms. The van der Waals surface area contributed by atoms with E-state index in [4.69, 9.17) is 10.8 Å². The topological polar surface area (TPSA) is 63.3 Å². The summed E-state index contributed by atoms with van der Waals surface area (Å²) in [7, 11) is 0. The minimum atomic E-state index is -0.889. The van der Waals surface area contributed by atoms with E-state index >= 15 is 0 Å². The molecule has 13 heavy (non-hydrogen) atoms. The van der Waals surface area contributed by atoms with Crippen LogP contribution in [-0.4, -0.2) is 17.1 Å². The van der Waals surface area contributed by atoms with Crippen molar-refractivity contribution in [2.24, 2.45) is 11.7 Å². The number of halogens is 1. The van der Waals surface area contributed by atoms with Gasteiger partial charge in [0.05, 0.1) is 0 Å². The van der Waals surface area contributed by atoms with E-state index in [-0.39, 0.29) is 12.4 Å². The van der Waals surface area contributed by atoms with Crippen LogP contribution in [-0.2, 0) is 4.79 Å². The van der Waals surface area contributed by atoms with Crippen LogP contribution in [0.15, 0.2) is 0 Å². The van der Waals surface area contributed by atoms with Crippen LogP contribution in [0.4, 0.5) is 0 Å². The molecule has 0 rings (SSSR count). The molecule has 0 radical (unpaired) electrons. The number of aliphatic carboxylic acids is 1. The molecule has 1 atom stereocenters. The van der Waals surface area contributed by atoms with Crippen molar-refractivity contribution < 1.29 is 9.90 Å². The van der Waals surface area contributed by atoms with Gasteiger partial charge in [-0.25, -0.2) is 0 Å². The fraction of sp³-hybridized carbons (Fsp3) is 0.889. The minimum absolute atomic E-state index is 0. The van der Waals surface area contributed by atoms with Crippen LogP contribution in [0.5, 0.6) is 0 Å². The maximum absolute atomic E-state index is 10.3. The standard InChI is InChI=1S/C9H19NO2.ClH/c1-7(2)5-3-4-6-8(10)9(11)12;/h7-8H,3-6,10H2,1-2H3,(H,11,12);1H. The maximum Gasteiger partial charge on any atom is 0.320 e. The zero-order chi connectivity index (χ0) is 9.56. The van der Waals surface area contributed by atoms with Gasteiger partial charge in [0.2, 0.25) is 0 Å². The number of hydrogen-bond acceptors (Lipinski definition) is 2. The van der Waals surface area contributed by atoms with E-state index < -0.39 is 12.0 Å². The lowest BCUT2D eigenvalue weighted by atomic mass is 10.0. The van der Waals surface area contributed by atoms with Gasteiger partial charge in [0, 0.05) is 0 Å². The molecule has 0 amide bonds. The minimum Gasteiger partial charge on any atom is -0.480 e. The van der Waals surface area contributed by atoms with Crippen molar-refractivity contribution in [3.8, 4) is 0 Å². The normalized spacial score (nSPS) is 12.3. The van der Waals surface area contributed by atoms with Gasteiger partial charge in [-0.3, -0.25) is 4.79 Å². The average Bonchev–Trinajstić information content (AvgIpc) is 1.97. The molecule has 0 fully saturated rings. The number of carboxylic acid groups (broad SMARTS) is 1. The van der Waals surface area contributed by atoms with Gasteiger partial charge in [-0.05, 0) is 12.3 Å². The Morgan fingerprint density at radius 3 is 2.15 bits per heavy atom. The molecular weight excluding hydrogens is 190 g/mol. The molecule has 0 aliphatic rings. The first-order valence-corrected chi connectivity index (χ1v) is 4.52. The lowest BCUT2D eigenvalue weighted by Gasteiger charge is -2.06. The zero-order valence-corrected chi connectivity index (χ0v) is 9.14. The van der Waals surface area contributed by atoms with E-state index in [9.17, 15) is 4.79 Å². The van der Waals surface area contributed by atoms with Crippen molar-refractivity contribution in [2.45, 2.75) is 45.6 Å². The van der Waals surface area contributed by atoms with E-state index in [2.05, 4.69) is 13.8 Å². The number of nitrogens with two attached hydrogens (primary N) is 1. The Balaban J connectivity index is 0.